The lowest BCUT2D eigenvalue weighted by molar-refractivity contribution is -0.231. The highest BCUT2D eigenvalue weighted by atomic mass is 16.6. The molecule has 2 aliphatic rings. The molecule has 3 aromatic rings. The first-order valence-corrected chi connectivity index (χ1v) is 14.6. The third kappa shape index (κ3) is 6.67. The molecule has 0 bridgehead atoms. The highest BCUT2D eigenvalue weighted by molar-refractivity contribution is 5.81. The van der Waals surface area contributed by atoms with Gasteiger partial charge < -0.3 is 55.1 Å². The smallest absolute Gasteiger partial charge is 0.310 e. The van der Waals surface area contributed by atoms with Crippen molar-refractivity contribution in [1.82, 2.24) is 0 Å². The maximum Gasteiger partial charge on any atom is 0.310 e. The maximum atomic E-state index is 12.5. The summed E-state index contributed by atoms with van der Waals surface area (Å²) in [5.74, 6) is -0.478. The van der Waals surface area contributed by atoms with Crippen LogP contribution >= 0.6 is 0 Å². The van der Waals surface area contributed by atoms with Crippen molar-refractivity contribution in [1.29, 1.82) is 0 Å². The second-order valence-corrected chi connectivity index (χ2v) is 11.4. The summed E-state index contributed by atoms with van der Waals surface area (Å²) in [5.41, 5.74) is 4.39. The third-order valence-corrected chi connectivity index (χ3v) is 8.53. The fraction of sp³-hybridized carbons (Fsp3) is 0.424. The summed E-state index contributed by atoms with van der Waals surface area (Å²) < 4.78 is 16.4. The summed E-state index contributed by atoms with van der Waals surface area (Å²) in [7, 11) is 1.29. The SMILES string of the molecule is COC(=O)Cc1cc(-c2cccc(C3OC(CO)C(O)C(O)C3O)c2)ccc1-c1cccc(C2OC(CO)C(O)C(O)C2O)c1. The molecule has 5 rings (SSSR count). The minimum absolute atomic E-state index is 0.0731. The van der Waals surface area contributed by atoms with Crippen molar-refractivity contribution in [2.45, 2.75) is 67.5 Å². The molecule has 2 saturated heterocycles. The van der Waals surface area contributed by atoms with Gasteiger partial charge in [0.25, 0.3) is 0 Å². The average Bonchev–Trinajstić information content (AvgIpc) is 3.06. The molecule has 3 aromatic carbocycles. The summed E-state index contributed by atoms with van der Waals surface area (Å²) >= 11 is 0. The van der Waals surface area contributed by atoms with Crippen molar-refractivity contribution in [3.05, 3.63) is 83.4 Å². The van der Waals surface area contributed by atoms with Gasteiger partial charge in [-0.05, 0) is 57.1 Å². The van der Waals surface area contributed by atoms with Crippen LogP contribution in [0.2, 0.25) is 0 Å². The molecule has 8 N–H and O–H groups in total. The molecule has 12 heteroatoms. The van der Waals surface area contributed by atoms with Crippen molar-refractivity contribution in [2.24, 2.45) is 0 Å². The molecule has 2 aliphatic heterocycles. The molecule has 0 aromatic heterocycles. The van der Waals surface area contributed by atoms with Gasteiger partial charge in [-0.15, -0.1) is 0 Å². The van der Waals surface area contributed by atoms with E-state index in [2.05, 4.69) is 0 Å². The number of methoxy groups -OCH3 is 1. The highest BCUT2D eigenvalue weighted by Gasteiger charge is 2.45. The molecule has 12 nitrogen and oxygen atoms in total. The van der Waals surface area contributed by atoms with Crippen LogP contribution < -0.4 is 0 Å². The lowest BCUT2D eigenvalue weighted by atomic mass is 9.88. The molecule has 10 unspecified atom stereocenters. The third-order valence-electron chi connectivity index (χ3n) is 8.53. The molecule has 242 valence electrons. The number of benzene rings is 3. The number of hydrogen-bond acceptors (Lipinski definition) is 12. The summed E-state index contributed by atoms with van der Waals surface area (Å²) in [5, 5.41) is 81.4. The molecule has 0 amide bonds. The van der Waals surface area contributed by atoms with E-state index >= 15 is 0 Å². The summed E-state index contributed by atoms with van der Waals surface area (Å²) in [6.45, 7) is -1.10. The average molecular weight is 627 g/mol. The number of rotatable bonds is 8. The van der Waals surface area contributed by atoms with Crippen molar-refractivity contribution >= 4 is 5.97 Å². The Morgan fingerprint density at radius 2 is 1.13 bits per heavy atom. The summed E-state index contributed by atoms with van der Waals surface area (Å²) in [6.07, 6.45) is -13.1. The van der Waals surface area contributed by atoms with Crippen LogP contribution in [0.5, 0.6) is 0 Å². The predicted octanol–water partition coefficient (Wildman–Crippen LogP) is -0.234. The number of ether oxygens (including phenoxy) is 3. The fourth-order valence-corrected chi connectivity index (χ4v) is 5.96. The fourth-order valence-electron chi connectivity index (χ4n) is 5.96. The van der Waals surface area contributed by atoms with Crippen LogP contribution in [-0.2, 0) is 25.4 Å². The van der Waals surface area contributed by atoms with Crippen LogP contribution in [0.1, 0.15) is 28.9 Å². The first-order valence-electron chi connectivity index (χ1n) is 14.6. The van der Waals surface area contributed by atoms with Gasteiger partial charge in [0.1, 0.15) is 61.0 Å². The Hall–Kier alpha value is -3.27. The number of aliphatic hydroxyl groups excluding tert-OH is 8. The van der Waals surface area contributed by atoms with E-state index < -0.39 is 80.2 Å². The zero-order valence-electron chi connectivity index (χ0n) is 24.5. The number of aliphatic hydroxyl groups is 8. The standard InChI is InChI=1S/C33H38O12/c1-43-25(36)13-21-11-17(16-4-2-6-19(10-16)32-30(41)28(39)26(37)23(14-34)44-32)8-9-22(21)18-5-3-7-20(12-18)33-31(42)29(40)27(38)24(15-35)45-33/h2-12,23-24,26-35,37-42H,13-15H2,1H3. The number of carbonyl (C=O) groups excluding carboxylic acids is 1. The monoisotopic (exact) mass is 626 g/mol. The van der Waals surface area contributed by atoms with Crippen molar-refractivity contribution in [3.8, 4) is 22.3 Å². The predicted molar refractivity (Wildman–Crippen MR) is 158 cm³/mol. The van der Waals surface area contributed by atoms with Crippen LogP contribution in [0.25, 0.3) is 22.3 Å². The molecular formula is C33H38O12. The van der Waals surface area contributed by atoms with Gasteiger partial charge in [-0.1, -0.05) is 48.5 Å². The van der Waals surface area contributed by atoms with E-state index in [1.54, 1.807) is 36.4 Å². The minimum atomic E-state index is -1.53. The molecule has 45 heavy (non-hydrogen) atoms. The Bertz CT molecular complexity index is 1480. The molecule has 0 spiro atoms. The maximum absolute atomic E-state index is 12.5. The molecule has 2 heterocycles. The molecule has 0 radical (unpaired) electrons. The second-order valence-electron chi connectivity index (χ2n) is 11.4. The molecular weight excluding hydrogens is 588 g/mol. The van der Waals surface area contributed by atoms with E-state index in [1.165, 1.54) is 7.11 Å². The van der Waals surface area contributed by atoms with E-state index in [0.717, 1.165) is 0 Å². The summed E-state index contributed by atoms with van der Waals surface area (Å²) in [4.78, 5) is 12.5. The van der Waals surface area contributed by atoms with Crippen LogP contribution in [0, 0.1) is 0 Å². The normalized spacial score (nSPS) is 31.8. The van der Waals surface area contributed by atoms with Gasteiger partial charge in [0.15, 0.2) is 0 Å². The summed E-state index contributed by atoms with van der Waals surface area (Å²) in [6, 6.07) is 19.5. The van der Waals surface area contributed by atoms with Crippen LogP contribution in [-0.4, -0.2) is 116 Å². The van der Waals surface area contributed by atoms with E-state index in [9.17, 15) is 45.6 Å². The van der Waals surface area contributed by atoms with Gasteiger partial charge in [-0.3, -0.25) is 4.79 Å². The lowest BCUT2D eigenvalue weighted by Gasteiger charge is -2.40. The van der Waals surface area contributed by atoms with Gasteiger partial charge in [0.2, 0.25) is 0 Å². The van der Waals surface area contributed by atoms with E-state index in [-0.39, 0.29) is 6.42 Å². The molecule has 0 saturated carbocycles. The van der Waals surface area contributed by atoms with Gasteiger partial charge in [-0.2, -0.15) is 0 Å². The molecule has 0 aliphatic carbocycles. The Morgan fingerprint density at radius 3 is 1.64 bits per heavy atom. The number of esters is 1. The van der Waals surface area contributed by atoms with Crippen molar-refractivity contribution in [3.63, 3.8) is 0 Å². The Morgan fingerprint density at radius 1 is 0.644 bits per heavy atom. The number of carbonyl (C=O) groups is 1. The van der Waals surface area contributed by atoms with Crippen LogP contribution in [0.3, 0.4) is 0 Å². The van der Waals surface area contributed by atoms with Crippen LogP contribution in [0.4, 0.5) is 0 Å². The second kappa shape index (κ2) is 14.0. The van der Waals surface area contributed by atoms with Crippen molar-refractivity contribution in [2.75, 3.05) is 20.3 Å². The lowest BCUT2D eigenvalue weighted by Crippen LogP contribution is -2.55. The largest absolute Gasteiger partial charge is 0.469 e. The van der Waals surface area contributed by atoms with Crippen molar-refractivity contribution < 1.29 is 59.9 Å². The van der Waals surface area contributed by atoms with Gasteiger partial charge in [0, 0.05) is 0 Å². The van der Waals surface area contributed by atoms with Gasteiger partial charge in [-0.25, -0.2) is 0 Å². The topological polar surface area (TPSA) is 207 Å². The minimum Gasteiger partial charge on any atom is -0.469 e. The Labute approximate surface area is 259 Å². The molecule has 10 atom stereocenters. The zero-order chi connectivity index (χ0) is 32.4. The highest BCUT2D eigenvalue weighted by Crippen LogP contribution is 2.37. The number of hydrogen-bond donors (Lipinski definition) is 8. The van der Waals surface area contributed by atoms with E-state index in [0.29, 0.717) is 38.9 Å². The van der Waals surface area contributed by atoms with Gasteiger partial charge >= 0.3 is 5.97 Å². The van der Waals surface area contributed by atoms with E-state index in [1.807, 2.05) is 30.3 Å². The first-order chi connectivity index (χ1) is 21.6. The quantitative estimate of drug-likeness (QED) is 0.153. The Balaban J connectivity index is 1.49. The Kier molecular flexibility index (Phi) is 10.3. The van der Waals surface area contributed by atoms with Crippen LogP contribution in [0.15, 0.2) is 66.7 Å². The molecule has 2 fully saturated rings. The zero-order valence-corrected chi connectivity index (χ0v) is 24.5. The van der Waals surface area contributed by atoms with Gasteiger partial charge in [0.05, 0.1) is 26.7 Å². The first kappa shape index (κ1) is 33.1. The van der Waals surface area contributed by atoms with E-state index in [4.69, 9.17) is 14.2 Å².